The van der Waals surface area contributed by atoms with Crippen LogP contribution in [0.1, 0.15) is 15.9 Å². The van der Waals surface area contributed by atoms with E-state index in [-0.39, 0.29) is 12.1 Å². The Balaban J connectivity index is 3.32. The minimum Gasteiger partial charge on any atom is -0.465 e. The first-order valence-corrected chi connectivity index (χ1v) is 5.59. The van der Waals surface area contributed by atoms with Crippen LogP contribution in [-0.4, -0.2) is 31.1 Å². The van der Waals surface area contributed by atoms with Crippen LogP contribution < -0.4 is 0 Å². The first-order chi connectivity index (χ1) is 10.2. The Morgan fingerprint density at radius 2 is 1.26 bits per heavy atom. The molecule has 0 aliphatic carbocycles. The van der Waals surface area contributed by atoms with Crippen molar-refractivity contribution in [3.63, 3.8) is 0 Å². The first-order valence-electron chi connectivity index (χ1n) is 5.59. The SMILES string of the molecule is COC(=O)c1ccc(C(F)(F)C(F)(F)C(F)(F)C(F)(F)F)cc1. The topological polar surface area (TPSA) is 26.3 Å². The van der Waals surface area contributed by atoms with Gasteiger partial charge in [0.25, 0.3) is 0 Å². The van der Waals surface area contributed by atoms with E-state index in [4.69, 9.17) is 0 Å². The molecule has 0 heterocycles. The van der Waals surface area contributed by atoms with Crippen LogP contribution >= 0.6 is 0 Å². The van der Waals surface area contributed by atoms with Crippen molar-refractivity contribution in [3.8, 4) is 0 Å². The first kappa shape index (κ1) is 19.1. The van der Waals surface area contributed by atoms with E-state index in [1.165, 1.54) is 0 Å². The Morgan fingerprint density at radius 1 is 0.826 bits per heavy atom. The number of esters is 1. The van der Waals surface area contributed by atoms with Crippen LogP contribution in [0.2, 0.25) is 0 Å². The number of carbonyl (C=O) groups excluding carboxylic acids is 1. The molecule has 0 saturated carbocycles. The van der Waals surface area contributed by atoms with E-state index < -0.39 is 41.0 Å². The van der Waals surface area contributed by atoms with E-state index >= 15 is 0 Å². The van der Waals surface area contributed by atoms with Gasteiger partial charge in [0.1, 0.15) is 0 Å². The number of carbonyl (C=O) groups is 1. The molecule has 0 amide bonds. The molecule has 23 heavy (non-hydrogen) atoms. The number of benzene rings is 1. The number of methoxy groups -OCH3 is 1. The summed E-state index contributed by atoms with van der Waals surface area (Å²) in [6.45, 7) is 0. The second-order valence-electron chi connectivity index (χ2n) is 4.29. The van der Waals surface area contributed by atoms with Gasteiger partial charge < -0.3 is 4.74 Å². The highest BCUT2D eigenvalue weighted by Crippen LogP contribution is 2.56. The van der Waals surface area contributed by atoms with Gasteiger partial charge in [0, 0.05) is 5.56 Å². The molecule has 0 radical (unpaired) electrons. The van der Waals surface area contributed by atoms with Gasteiger partial charge in [-0.25, -0.2) is 4.79 Å². The van der Waals surface area contributed by atoms with Crippen LogP contribution in [0.5, 0.6) is 0 Å². The zero-order valence-electron chi connectivity index (χ0n) is 11.0. The maximum Gasteiger partial charge on any atom is 0.460 e. The van der Waals surface area contributed by atoms with Gasteiger partial charge in [0.2, 0.25) is 0 Å². The molecule has 0 aliphatic rings. The highest BCUT2D eigenvalue weighted by molar-refractivity contribution is 5.89. The number of halogens is 9. The van der Waals surface area contributed by atoms with Crippen LogP contribution in [0.3, 0.4) is 0 Å². The third kappa shape index (κ3) is 2.95. The summed E-state index contributed by atoms with van der Waals surface area (Å²) in [5.74, 6) is -20.6. The van der Waals surface area contributed by atoms with E-state index in [1.54, 1.807) is 0 Å². The Bertz CT molecular complexity index is 575. The molecule has 1 aromatic carbocycles. The molecule has 0 N–H and O–H groups in total. The largest absolute Gasteiger partial charge is 0.465 e. The molecule has 1 rings (SSSR count). The van der Waals surface area contributed by atoms with Crippen LogP contribution in [0.4, 0.5) is 39.5 Å². The predicted molar refractivity (Wildman–Crippen MR) is 57.6 cm³/mol. The van der Waals surface area contributed by atoms with Crippen molar-refractivity contribution in [1.82, 2.24) is 0 Å². The summed E-state index contributed by atoms with van der Waals surface area (Å²) in [4.78, 5) is 11.0. The van der Waals surface area contributed by atoms with Crippen LogP contribution in [0, 0.1) is 0 Å². The fourth-order valence-corrected chi connectivity index (χ4v) is 1.49. The number of hydrogen-bond donors (Lipinski definition) is 0. The van der Waals surface area contributed by atoms with E-state index in [0.29, 0.717) is 12.1 Å². The van der Waals surface area contributed by atoms with Crippen LogP contribution in [0.15, 0.2) is 24.3 Å². The summed E-state index contributed by atoms with van der Waals surface area (Å²) in [7, 11) is 0.920. The molecule has 0 aromatic heterocycles. The minimum atomic E-state index is -6.97. The van der Waals surface area contributed by atoms with Crippen LogP contribution in [-0.2, 0) is 10.7 Å². The average molecular weight is 354 g/mol. The molecule has 11 heteroatoms. The zero-order valence-corrected chi connectivity index (χ0v) is 11.0. The van der Waals surface area contributed by atoms with Crippen molar-refractivity contribution in [3.05, 3.63) is 35.4 Å². The van der Waals surface area contributed by atoms with Gasteiger partial charge in [-0.05, 0) is 12.1 Å². The predicted octanol–water partition coefficient (Wildman–Crippen LogP) is 4.40. The van der Waals surface area contributed by atoms with Gasteiger partial charge in [-0.3, -0.25) is 0 Å². The van der Waals surface area contributed by atoms with Gasteiger partial charge >= 0.3 is 29.9 Å². The summed E-state index contributed by atoms with van der Waals surface area (Å²) in [6.07, 6.45) is -6.88. The number of rotatable bonds is 4. The van der Waals surface area contributed by atoms with Gasteiger partial charge in [0.15, 0.2) is 0 Å². The number of ether oxygens (including phenoxy) is 1. The van der Waals surface area contributed by atoms with Gasteiger partial charge in [-0.15, -0.1) is 0 Å². The molecule has 0 bridgehead atoms. The Hall–Kier alpha value is -1.94. The highest BCUT2D eigenvalue weighted by atomic mass is 19.4. The van der Waals surface area contributed by atoms with E-state index in [9.17, 15) is 44.3 Å². The standard InChI is InChI=1S/C12H7F9O2/c1-23-8(22)6-2-4-7(5-3-6)9(13,14)10(15,16)11(17,18)12(19,20)21/h2-5H,1H3. The summed E-state index contributed by atoms with van der Waals surface area (Å²) in [5, 5.41) is 0. The molecule has 0 saturated heterocycles. The molecular weight excluding hydrogens is 347 g/mol. The van der Waals surface area contributed by atoms with Crippen molar-refractivity contribution in [2.75, 3.05) is 7.11 Å². The fraction of sp³-hybridized carbons (Fsp3) is 0.417. The second kappa shape index (κ2) is 5.60. The summed E-state index contributed by atoms with van der Waals surface area (Å²) < 4.78 is 119. The number of hydrogen-bond acceptors (Lipinski definition) is 2. The van der Waals surface area contributed by atoms with Crippen molar-refractivity contribution in [2.45, 2.75) is 23.9 Å². The van der Waals surface area contributed by atoms with Crippen LogP contribution in [0.25, 0.3) is 0 Å². The molecule has 0 unspecified atom stereocenters. The molecule has 0 spiro atoms. The average Bonchev–Trinajstić information content (AvgIpc) is 2.44. The molecule has 130 valence electrons. The van der Waals surface area contributed by atoms with E-state index in [0.717, 1.165) is 7.11 Å². The maximum atomic E-state index is 13.5. The quantitative estimate of drug-likeness (QED) is 0.592. The van der Waals surface area contributed by atoms with E-state index in [1.807, 2.05) is 0 Å². The Kier molecular flexibility index (Phi) is 4.66. The van der Waals surface area contributed by atoms with E-state index in [2.05, 4.69) is 4.74 Å². The lowest BCUT2D eigenvalue weighted by molar-refractivity contribution is -0.399. The fourth-order valence-electron chi connectivity index (χ4n) is 1.49. The van der Waals surface area contributed by atoms with Gasteiger partial charge in [-0.1, -0.05) is 12.1 Å². The molecular formula is C12H7F9O2. The van der Waals surface area contributed by atoms with Crippen molar-refractivity contribution >= 4 is 5.97 Å². The van der Waals surface area contributed by atoms with Crippen molar-refractivity contribution in [1.29, 1.82) is 0 Å². The summed E-state index contributed by atoms with van der Waals surface area (Å²) in [5.41, 5.74) is -2.21. The zero-order chi connectivity index (χ0) is 18.3. The normalized spacial score (nSPS) is 13.8. The lowest BCUT2D eigenvalue weighted by Crippen LogP contribution is -2.59. The monoisotopic (exact) mass is 354 g/mol. The molecule has 2 nitrogen and oxygen atoms in total. The lowest BCUT2D eigenvalue weighted by atomic mass is 9.96. The smallest absolute Gasteiger partial charge is 0.460 e. The molecule has 0 aliphatic heterocycles. The van der Waals surface area contributed by atoms with Crippen molar-refractivity contribution < 1.29 is 49.0 Å². The van der Waals surface area contributed by atoms with Gasteiger partial charge in [-0.2, -0.15) is 39.5 Å². The maximum absolute atomic E-state index is 13.5. The Morgan fingerprint density at radius 3 is 1.61 bits per heavy atom. The third-order valence-electron chi connectivity index (χ3n) is 2.81. The molecule has 0 atom stereocenters. The van der Waals surface area contributed by atoms with Crippen molar-refractivity contribution in [2.24, 2.45) is 0 Å². The lowest BCUT2D eigenvalue weighted by Gasteiger charge is -2.33. The minimum absolute atomic E-state index is 0.132. The third-order valence-corrected chi connectivity index (χ3v) is 2.81. The molecule has 1 aromatic rings. The summed E-state index contributed by atoms with van der Waals surface area (Å²) in [6, 6.07) is 1.31. The number of alkyl halides is 9. The highest BCUT2D eigenvalue weighted by Gasteiger charge is 2.81. The Labute approximate surface area is 122 Å². The van der Waals surface area contributed by atoms with Gasteiger partial charge in [0.05, 0.1) is 12.7 Å². The molecule has 0 fully saturated rings. The second-order valence-corrected chi connectivity index (χ2v) is 4.29. The summed E-state index contributed by atoms with van der Waals surface area (Å²) >= 11 is 0.